The van der Waals surface area contributed by atoms with Gasteiger partial charge in [0.05, 0.1) is 0 Å². The molecule has 26 heteroatoms. The number of hydrogen-bond acceptors (Lipinski definition) is 20. The molecule has 4 aromatic carbocycles. The molecule has 0 fully saturated rings. The van der Waals surface area contributed by atoms with E-state index < -0.39 is 30.0 Å². The predicted octanol–water partition coefficient (Wildman–Crippen LogP) is 5.15. The molecule has 6 rings (SSSR count). The Labute approximate surface area is 591 Å². The van der Waals surface area contributed by atoms with E-state index in [4.69, 9.17) is 0 Å². The van der Waals surface area contributed by atoms with Gasteiger partial charge >= 0.3 is 59.1 Å². The van der Waals surface area contributed by atoms with Crippen LogP contribution < -0.4 is 101 Å². The minimum absolute atomic E-state index is 0. The average Bonchev–Trinajstić information content (AvgIpc) is 0.822. The quantitative estimate of drug-likeness (QED) is 0.0125. The average molecular weight is 1320 g/mol. The molecule has 0 bridgehead atoms. The number of rotatable bonds is 30. The standard InChI is InChI=1S/C66H98N14O8S2.2Na/c1-17-79(18-2)35-21-31-67-57-73-59(69-33-29-43-37-49(63(5,6)7)55(81)50(38-43)64(8,9)10)77-61(75-57)71-47-27-25-45(53(41-47)89(83,84)85)23-24-46-26-28-48(42-54(46)90(86,87)88)72-62-76-58(68-32-22-36-80(19-3)20-4)74-60(78-62)70-34-30-44-39-51(65(11,12)13)56(82)52(40-44)66(14,15)16;;/h23-28,37-42,81-82H,17-22,29-36H2,1-16H3,(H,83,84,85)(H,86,87,88)(H3,67,69,71,73,75,77)(H3,68,70,72,74,76,78);;/q;2*+1/p-2/b24-23+;;. The summed E-state index contributed by atoms with van der Waals surface area (Å²) in [7, 11) is -9.82. The summed E-state index contributed by atoms with van der Waals surface area (Å²) in [6.07, 6.45) is 5.31. The van der Waals surface area contributed by atoms with Gasteiger partial charge in [0.25, 0.3) is 20.2 Å². The first-order chi connectivity index (χ1) is 42.0. The van der Waals surface area contributed by atoms with E-state index in [1.165, 1.54) is 36.4 Å². The third kappa shape index (κ3) is 23.3. The molecule has 0 saturated heterocycles. The van der Waals surface area contributed by atoms with E-state index in [1.54, 1.807) is 12.1 Å². The Morgan fingerprint density at radius 2 is 0.707 bits per heavy atom. The Kier molecular flexibility index (Phi) is 29.2. The van der Waals surface area contributed by atoms with Gasteiger partial charge in [-0.05, 0) is 155 Å². The van der Waals surface area contributed by atoms with Crippen molar-refractivity contribution in [3.63, 3.8) is 0 Å². The van der Waals surface area contributed by atoms with Crippen molar-refractivity contribution >= 4 is 79.5 Å². The molecular weight excluding hydrogens is 1230 g/mol. The van der Waals surface area contributed by atoms with Crippen molar-refractivity contribution in [1.29, 1.82) is 0 Å². The Bertz CT molecular complexity index is 3380. The molecule has 492 valence electrons. The van der Waals surface area contributed by atoms with Crippen LogP contribution in [0.25, 0.3) is 12.2 Å². The number of nitrogens with zero attached hydrogens (tertiary/aromatic N) is 8. The molecule has 0 aliphatic rings. The molecule has 0 saturated carbocycles. The summed E-state index contributed by atoms with van der Waals surface area (Å²) in [6, 6.07) is 16.2. The second-order valence-corrected chi connectivity index (χ2v) is 29.4. The first kappa shape index (κ1) is 79.2. The fourth-order valence-corrected chi connectivity index (χ4v) is 11.6. The van der Waals surface area contributed by atoms with Gasteiger partial charge in [0.2, 0.25) is 35.7 Å². The molecule has 92 heavy (non-hydrogen) atoms. The first-order valence-electron chi connectivity index (χ1n) is 31.1. The number of hydrogen-bond donors (Lipinski definition) is 8. The maximum Gasteiger partial charge on any atom is 1.00 e. The van der Waals surface area contributed by atoms with Gasteiger partial charge in [-0.3, -0.25) is 9.11 Å². The van der Waals surface area contributed by atoms with Crippen molar-refractivity contribution in [2.45, 2.75) is 168 Å². The third-order valence-corrected chi connectivity index (χ3v) is 17.2. The van der Waals surface area contributed by atoms with Gasteiger partial charge in [-0.25, -0.2) is 0 Å². The molecule has 0 spiro atoms. The number of benzene rings is 4. The van der Waals surface area contributed by atoms with E-state index in [-0.39, 0.29) is 150 Å². The minimum Gasteiger partial charge on any atom is -0.872 e. The van der Waals surface area contributed by atoms with E-state index in [2.05, 4.69) is 99.3 Å². The summed E-state index contributed by atoms with van der Waals surface area (Å²) in [5.74, 6) is 1.20. The van der Waals surface area contributed by atoms with Crippen LogP contribution in [-0.2, 0) is 54.7 Å². The molecular formula is C66H96N14Na2O8S2. The van der Waals surface area contributed by atoms with Crippen LogP contribution in [0.15, 0.2) is 70.5 Å². The van der Waals surface area contributed by atoms with E-state index in [9.17, 15) is 36.2 Å². The van der Waals surface area contributed by atoms with Crippen LogP contribution in [0.2, 0.25) is 0 Å². The molecule has 0 aliphatic carbocycles. The van der Waals surface area contributed by atoms with Crippen molar-refractivity contribution < 1.29 is 95.3 Å². The van der Waals surface area contributed by atoms with Gasteiger partial charge in [0.1, 0.15) is 9.79 Å². The summed E-state index contributed by atoms with van der Waals surface area (Å²) in [5.41, 5.74) is 3.82. The Morgan fingerprint density at radius 3 is 0.967 bits per heavy atom. The summed E-state index contributed by atoms with van der Waals surface area (Å²) in [4.78, 5) is 31.3. The molecule has 2 aromatic heterocycles. The van der Waals surface area contributed by atoms with Crippen molar-refractivity contribution in [3.05, 3.63) is 105 Å². The maximum atomic E-state index is 13.6. The van der Waals surface area contributed by atoms with Crippen LogP contribution in [0.5, 0.6) is 11.5 Å². The molecule has 0 aliphatic heterocycles. The fraction of sp³-hybridized carbons (Fsp3) is 0.515. The topological polar surface area (TPSA) is 311 Å². The number of aromatic nitrogens is 6. The molecule has 0 amide bonds. The van der Waals surface area contributed by atoms with Crippen LogP contribution in [0.4, 0.5) is 47.1 Å². The van der Waals surface area contributed by atoms with Crippen LogP contribution in [0.1, 0.15) is 168 Å². The number of nitrogens with one attached hydrogen (secondary N) is 6. The second-order valence-electron chi connectivity index (χ2n) is 26.7. The maximum absolute atomic E-state index is 13.6. The van der Waals surface area contributed by atoms with Crippen LogP contribution in [0.3, 0.4) is 0 Å². The van der Waals surface area contributed by atoms with Gasteiger partial charge in [-0.2, -0.15) is 46.7 Å². The Hall–Kier alpha value is -5.22. The normalized spacial score (nSPS) is 12.4. The Balaban J connectivity index is 0.00000902. The summed E-state index contributed by atoms with van der Waals surface area (Å²) < 4.78 is 73.6. The van der Waals surface area contributed by atoms with Crippen LogP contribution >= 0.6 is 0 Å². The van der Waals surface area contributed by atoms with E-state index in [0.717, 1.165) is 85.5 Å². The van der Waals surface area contributed by atoms with E-state index >= 15 is 0 Å². The molecule has 0 atom stereocenters. The summed E-state index contributed by atoms with van der Waals surface area (Å²) in [5, 5.41) is 46.5. The number of anilines is 8. The summed E-state index contributed by atoms with van der Waals surface area (Å²) >= 11 is 0. The van der Waals surface area contributed by atoms with Gasteiger partial charge in [0.15, 0.2) is 0 Å². The van der Waals surface area contributed by atoms with Crippen molar-refractivity contribution in [2.75, 3.05) is 97.3 Å². The molecule has 2 heterocycles. The SMILES string of the molecule is CCN(CC)CCCNc1nc(NCCc2cc(C(C)(C)C)c([O-])c(C(C)(C)C)c2)nc(Nc2ccc(/C=C/c3ccc(Nc4nc(NCCCN(CC)CC)nc(NCCc5cc(C(C)(C)C)c([O-])c(C(C)(C)C)c5)n4)cc3S(=O)(=O)O)c(S(=O)(=O)O)c2)n1.[Na+].[Na+]. The summed E-state index contributed by atoms with van der Waals surface area (Å²) in [6.45, 7) is 40.1. The molecule has 0 unspecified atom stereocenters. The van der Waals surface area contributed by atoms with E-state index in [0.29, 0.717) is 39.0 Å². The second kappa shape index (κ2) is 33.9. The first-order valence-corrected chi connectivity index (χ1v) is 34.0. The molecule has 0 radical (unpaired) electrons. The third-order valence-electron chi connectivity index (χ3n) is 15.4. The van der Waals surface area contributed by atoms with Gasteiger partial charge in [-0.15, -0.1) is 11.5 Å². The van der Waals surface area contributed by atoms with E-state index in [1.807, 2.05) is 107 Å². The smallest absolute Gasteiger partial charge is 0.872 e. The molecule has 8 N–H and O–H groups in total. The minimum atomic E-state index is -4.91. The van der Waals surface area contributed by atoms with Crippen LogP contribution in [-0.4, -0.2) is 131 Å². The zero-order chi connectivity index (χ0) is 66.6. The fourth-order valence-electron chi connectivity index (χ4n) is 10.2. The van der Waals surface area contributed by atoms with Gasteiger partial charge in [-0.1, -0.05) is 159 Å². The zero-order valence-electron chi connectivity index (χ0n) is 57.6. The van der Waals surface area contributed by atoms with Crippen molar-refractivity contribution in [2.24, 2.45) is 0 Å². The van der Waals surface area contributed by atoms with Crippen LogP contribution in [0, 0.1) is 0 Å². The van der Waals surface area contributed by atoms with Crippen molar-refractivity contribution in [1.82, 2.24) is 39.7 Å². The van der Waals surface area contributed by atoms with Crippen molar-refractivity contribution in [3.8, 4) is 11.5 Å². The van der Waals surface area contributed by atoms with Gasteiger partial charge < -0.3 is 51.9 Å². The molecule has 22 nitrogen and oxygen atoms in total. The monoisotopic (exact) mass is 1320 g/mol. The van der Waals surface area contributed by atoms with Gasteiger partial charge in [0, 0.05) is 37.6 Å². The predicted molar refractivity (Wildman–Crippen MR) is 360 cm³/mol. The zero-order valence-corrected chi connectivity index (χ0v) is 63.2. The largest absolute Gasteiger partial charge is 1.00 e. The Morgan fingerprint density at radius 1 is 0.435 bits per heavy atom. The molecule has 6 aromatic rings.